The lowest BCUT2D eigenvalue weighted by atomic mass is 9.91. The first kappa shape index (κ1) is 15.1. The highest BCUT2D eigenvalue weighted by Crippen LogP contribution is 2.28. The van der Waals surface area contributed by atoms with Gasteiger partial charge in [-0.1, -0.05) is 30.3 Å². The third-order valence-corrected chi connectivity index (χ3v) is 3.55. The Hall–Kier alpha value is -2.33. The van der Waals surface area contributed by atoms with E-state index in [1.165, 1.54) is 0 Å². The number of ether oxygens (including phenoxy) is 1. The minimum absolute atomic E-state index is 0.136. The summed E-state index contributed by atoms with van der Waals surface area (Å²) in [6.45, 7) is 0.501. The largest absolute Gasteiger partial charge is 0.496 e. The van der Waals surface area contributed by atoms with Crippen LogP contribution in [0.15, 0.2) is 48.5 Å². The molecule has 0 saturated carbocycles. The number of nitrogens with two attached hydrogens (primary N) is 1. The van der Waals surface area contributed by atoms with Gasteiger partial charge in [0.2, 0.25) is 0 Å². The van der Waals surface area contributed by atoms with Crippen molar-refractivity contribution in [3.8, 4) is 5.75 Å². The third kappa shape index (κ3) is 3.61. The molecule has 1 atom stereocenters. The van der Waals surface area contributed by atoms with E-state index >= 15 is 0 Å². The number of aromatic carboxylic acids is 1. The average molecular weight is 285 g/mol. The molecule has 0 fully saturated rings. The molecule has 4 nitrogen and oxygen atoms in total. The third-order valence-electron chi connectivity index (χ3n) is 3.55. The summed E-state index contributed by atoms with van der Waals surface area (Å²) in [4.78, 5) is 10.9. The number of hydrogen-bond donors (Lipinski definition) is 2. The summed E-state index contributed by atoms with van der Waals surface area (Å²) in [6, 6.07) is 14.7. The number of carboxylic acids is 1. The number of carbonyl (C=O) groups is 1. The summed E-state index contributed by atoms with van der Waals surface area (Å²) in [5.74, 6) is 0.0496. The number of benzene rings is 2. The molecule has 0 bridgehead atoms. The van der Waals surface area contributed by atoms with Gasteiger partial charge in [0, 0.05) is 5.92 Å². The molecule has 2 aromatic rings. The lowest BCUT2D eigenvalue weighted by Crippen LogP contribution is -2.16. The summed E-state index contributed by atoms with van der Waals surface area (Å²) in [5, 5.41) is 8.91. The van der Waals surface area contributed by atoms with E-state index in [0.717, 1.165) is 23.3 Å². The van der Waals surface area contributed by atoms with Crippen LogP contribution in [0, 0.1) is 0 Å². The van der Waals surface area contributed by atoms with Gasteiger partial charge in [0.25, 0.3) is 0 Å². The molecule has 0 heterocycles. The molecule has 4 heteroatoms. The van der Waals surface area contributed by atoms with E-state index < -0.39 is 5.97 Å². The highest BCUT2D eigenvalue weighted by Gasteiger charge is 2.15. The lowest BCUT2D eigenvalue weighted by molar-refractivity contribution is 0.0697. The summed E-state index contributed by atoms with van der Waals surface area (Å²) in [7, 11) is 1.65. The zero-order chi connectivity index (χ0) is 15.2. The smallest absolute Gasteiger partial charge is 0.335 e. The maximum absolute atomic E-state index is 10.9. The van der Waals surface area contributed by atoms with Crippen LogP contribution in [0.4, 0.5) is 0 Å². The van der Waals surface area contributed by atoms with Crippen molar-refractivity contribution in [2.45, 2.75) is 12.3 Å². The first-order valence-corrected chi connectivity index (χ1v) is 6.81. The maximum atomic E-state index is 10.9. The highest BCUT2D eigenvalue weighted by molar-refractivity contribution is 5.87. The summed E-state index contributed by atoms with van der Waals surface area (Å²) in [6.07, 6.45) is 0.747. The fraction of sp³-hybridized carbons (Fsp3) is 0.235. The standard InChI is InChI=1S/C17H19NO3/c1-21-16-5-3-2-4-15(16)14(11-18)10-12-6-8-13(9-7-12)17(19)20/h2-9,14H,10-11,18H2,1H3,(H,19,20). The Bertz CT molecular complexity index is 608. The van der Waals surface area contributed by atoms with Crippen LogP contribution in [-0.2, 0) is 6.42 Å². The fourth-order valence-corrected chi connectivity index (χ4v) is 2.39. The highest BCUT2D eigenvalue weighted by atomic mass is 16.5. The monoisotopic (exact) mass is 285 g/mol. The van der Waals surface area contributed by atoms with Crippen LogP contribution in [0.3, 0.4) is 0 Å². The van der Waals surface area contributed by atoms with Crippen LogP contribution < -0.4 is 10.5 Å². The SMILES string of the molecule is COc1ccccc1C(CN)Cc1ccc(C(=O)O)cc1. The van der Waals surface area contributed by atoms with Gasteiger partial charge >= 0.3 is 5.97 Å². The van der Waals surface area contributed by atoms with E-state index in [1.807, 2.05) is 36.4 Å². The van der Waals surface area contributed by atoms with Gasteiger partial charge in [-0.05, 0) is 42.3 Å². The molecule has 0 aliphatic carbocycles. The Morgan fingerprint density at radius 2 is 1.86 bits per heavy atom. The van der Waals surface area contributed by atoms with E-state index in [0.29, 0.717) is 12.1 Å². The van der Waals surface area contributed by atoms with Gasteiger partial charge in [0.1, 0.15) is 5.75 Å². The maximum Gasteiger partial charge on any atom is 0.335 e. The summed E-state index contributed by atoms with van der Waals surface area (Å²) >= 11 is 0. The van der Waals surface area contributed by atoms with Crippen molar-refractivity contribution in [2.75, 3.05) is 13.7 Å². The predicted molar refractivity (Wildman–Crippen MR) is 81.9 cm³/mol. The van der Waals surface area contributed by atoms with Crippen LogP contribution in [0.2, 0.25) is 0 Å². The van der Waals surface area contributed by atoms with Crippen LogP contribution in [0.25, 0.3) is 0 Å². The summed E-state index contributed by atoms with van der Waals surface area (Å²) in [5.41, 5.74) is 8.33. The van der Waals surface area contributed by atoms with Crippen LogP contribution in [0.5, 0.6) is 5.75 Å². The molecule has 0 aliphatic rings. The minimum Gasteiger partial charge on any atom is -0.496 e. The molecule has 0 amide bonds. The second-order valence-corrected chi connectivity index (χ2v) is 4.88. The van der Waals surface area contributed by atoms with Gasteiger partial charge < -0.3 is 15.6 Å². The molecule has 0 saturated heterocycles. The first-order chi connectivity index (χ1) is 10.2. The van der Waals surface area contributed by atoms with Crippen molar-refractivity contribution in [3.63, 3.8) is 0 Å². The van der Waals surface area contributed by atoms with Crippen LogP contribution in [-0.4, -0.2) is 24.7 Å². The van der Waals surface area contributed by atoms with Gasteiger partial charge in [-0.2, -0.15) is 0 Å². The van der Waals surface area contributed by atoms with Crippen molar-refractivity contribution in [3.05, 3.63) is 65.2 Å². The molecule has 0 aliphatic heterocycles. The Balaban J connectivity index is 2.20. The van der Waals surface area contributed by atoms with Crippen molar-refractivity contribution >= 4 is 5.97 Å². The van der Waals surface area contributed by atoms with Crippen LogP contribution >= 0.6 is 0 Å². The molecule has 2 aromatic carbocycles. The molecule has 0 aromatic heterocycles. The van der Waals surface area contributed by atoms with E-state index in [4.69, 9.17) is 15.6 Å². The molecular formula is C17H19NO3. The lowest BCUT2D eigenvalue weighted by Gasteiger charge is -2.18. The van der Waals surface area contributed by atoms with Gasteiger partial charge in [-0.15, -0.1) is 0 Å². The average Bonchev–Trinajstić information content (AvgIpc) is 2.53. The number of rotatable bonds is 6. The second-order valence-electron chi connectivity index (χ2n) is 4.88. The van der Waals surface area contributed by atoms with E-state index in [2.05, 4.69) is 0 Å². The molecular weight excluding hydrogens is 266 g/mol. The molecule has 3 N–H and O–H groups in total. The molecule has 110 valence electrons. The number of hydrogen-bond acceptors (Lipinski definition) is 3. The van der Waals surface area contributed by atoms with Crippen molar-refractivity contribution in [1.29, 1.82) is 0 Å². The molecule has 0 radical (unpaired) electrons. The molecule has 1 unspecified atom stereocenters. The molecule has 0 spiro atoms. The Morgan fingerprint density at radius 1 is 1.19 bits per heavy atom. The Labute approximate surface area is 124 Å². The van der Waals surface area contributed by atoms with Gasteiger partial charge in [0.05, 0.1) is 12.7 Å². The van der Waals surface area contributed by atoms with Gasteiger partial charge in [0.15, 0.2) is 0 Å². The predicted octanol–water partition coefficient (Wildman–Crippen LogP) is 2.68. The normalized spacial score (nSPS) is 11.9. The molecule has 2 rings (SSSR count). The Morgan fingerprint density at radius 3 is 2.43 bits per heavy atom. The minimum atomic E-state index is -0.915. The zero-order valence-electron chi connectivity index (χ0n) is 12.0. The van der Waals surface area contributed by atoms with E-state index in [1.54, 1.807) is 19.2 Å². The van der Waals surface area contributed by atoms with E-state index in [-0.39, 0.29) is 5.92 Å². The number of carboxylic acid groups (broad SMARTS) is 1. The molecule has 21 heavy (non-hydrogen) atoms. The quantitative estimate of drug-likeness (QED) is 0.856. The van der Waals surface area contributed by atoms with Crippen molar-refractivity contribution < 1.29 is 14.6 Å². The van der Waals surface area contributed by atoms with Crippen molar-refractivity contribution in [2.24, 2.45) is 5.73 Å². The number of para-hydroxylation sites is 1. The summed E-state index contributed by atoms with van der Waals surface area (Å²) < 4.78 is 5.38. The fourth-order valence-electron chi connectivity index (χ4n) is 2.39. The topological polar surface area (TPSA) is 72.5 Å². The number of methoxy groups -OCH3 is 1. The second kappa shape index (κ2) is 6.90. The van der Waals surface area contributed by atoms with Gasteiger partial charge in [-0.25, -0.2) is 4.79 Å². The van der Waals surface area contributed by atoms with Crippen molar-refractivity contribution in [1.82, 2.24) is 0 Å². The van der Waals surface area contributed by atoms with Gasteiger partial charge in [-0.3, -0.25) is 0 Å². The van der Waals surface area contributed by atoms with Crippen LogP contribution in [0.1, 0.15) is 27.4 Å². The zero-order valence-corrected chi connectivity index (χ0v) is 12.0. The first-order valence-electron chi connectivity index (χ1n) is 6.81. The Kier molecular flexibility index (Phi) is 4.95. The van der Waals surface area contributed by atoms with E-state index in [9.17, 15) is 4.79 Å².